The third-order valence-electron chi connectivity index (χ3n) is 4.42. The van der Waals surface area contributed by atoms with E-state index < -0.39 is 0 Å². The van der Waals surface area contributed by atoms with Gasteiger partial charge in [0.2, 0.25) is 0 Å². The smallest absolute Gasteiger partial charge is 0.269 e. The lowest BCUT2D eigenvalue weighted by Crippen LogP contribution is -2.37. The summed E-state index contributed by atoms with van der Waals surface area (Å²) in [6.07, 6.45) is 6.26. The van der Waals surface area contributed by atoms with Crippen molar-refractivity contribution in [1.29, 1.82) is 0 Å². The maximum absolute atomic E-state index is 10.9. The molecular weight excluding hydrogens is 278 g/mol. The van der Waals surface area contributed by atoms with E-state index in [1.54, 1.807) is 12.1 Å². The molecule has 0 bridgehead atoms. The molecule has 0 aromatic heterocycles. The lowest BCUT2D eigenvalue weighted by atomic mass is 10.0. The van der Waals surface area contributed by atoms with E-state index in [0.717, 1.165) is 18.5 Å². The van der Waals surface area contributed by atoms with Crippen LogP contribution in [0.25, 0.3) is 0 Å². The van der Waals surface area contributed by atoms with Crippen LogP contribution in [0.15, 0.2) is 24.3 Å². The highest BCUT2D eigenvalue weighted by atomic mass is 16.6. The van der Waals surface area contributed by atoms with Gasteiger partial charge in [0.05, 0.1) is 4.92 Å². The first kappa shape index (κ1) is 16.9. The fraction of sp³-hybridized carbons (Fsp3) is 0.647. The Hall–Kier alpha value is -1.46. The number of nitro benzene ring substituents is 1. The van der Waals surface area contributed by atoms with Crippen molar-refractivity contribution in [3.63, 3.8) is 0 Å². The van der Waals surface area contributed by atoms with Gasteiger partial charge in [0.25, 0.3) is 5.69 Å². The molecule has 3 unspecified atom stereocenters. The number of nitrogens with one attached hydrogen (secondary N) is 2. The van der Waals surface area contributed by atoms with Crippen molar-refractivity contribution >= 4 is 5.69 Å². The van der Waals surface area contributed by atoms with Crippen molar-refractivity contribution in [1.82, 2.24) is 10.6 Å². The van der Waals surface area contributed by atoms with Crippen molar-refractivity contribution in [3.05, 3.63) is 39.9 Å². The van der Waals surface area contributed by atoms with Crippen LogP contribution in [-0.4, -0.2) is 23.6 Å². The van der Waals surface area contributed by atoms with Crippen molar-refractivity contribution in [2.45, 2.75) is 64.1 Å². The van der Waals surface area contributed by atoms with Crippen LogP contribution in [0.2, 0.25) is 0 Å². The highest BCUT2D eigenvalue weighted by Gasteiger charge is 2.17. The zero-order valence-electron chi connectivity index (χ0n) is 13.5. The topological polar surface area (TPSA) is 67.2 Å². The van der Waals surface area contributed by atoms with Gasteiger partial charge in [0.15, 0.2) is 0 Å². The standard InChI is InChI=1S/C17H27N3O2/c1-13(11-16-8-4-3-5-10-18-16)19-14(2)15-7-6-9-17(12-15)20(21)22/h6-7,9,12-14,16,18-19H,3-5,8,10-11H2,1-2H3. The molecule has 1 fully saturated rings. The molecule has 0 radical (unpaired) electrons. The van der Waals surface area contributed by atoms with E-state index in [1.807, 2.05) is 6.07 Å². The minimum atomic E-state index is -0.338. The predicted octanol–water partition coefficient (Wildman–Crippen LogP) is 3.56. The number of hydrogen-bond donors (Lipinski definition) is 2. The summed E-state index contributed by atoms with van der Waals surface area (Å²) < 4.78 is 0. The normalized spacial score (nSPS) is 21.8. The van der Waals surface area contributed by atoms with Gasteiger partial charge in [-0.2, -0.15) is 0 Å². The van der Waals surface area contributed by atoms with Crippen LogP contribution in [-0.2, 0) is 0 Å². The summed E-state index contributed by atoms with van der Waals surface area (Å²) in [5.41, 5.74) is 1.12. The number of non-ortho nitro benzene ring substituents is 1. The summed E-state index contributed by atoms with van der Waals surface area (Å²) in [5, 5.41) is 18.1. The van der Waals surface area contributed by atoms with E-state index in [2.05, 4.69) is 24.5 Å². The molecule has 2 N–H and O–H groups in total. The van der Waals surface area contributed by atoms with E-state index >= 15 is 0 Å². The van der Waals surface area contributed by atoms with Gasteiger partial charge in [-0.05, 0) is 45.2 Å². The monoisotopic (exact) mass is 305 g/mol. The minimum absolute atomic E-state index is 0.112. The summed E-state index contributed by atoms with van der Waals surface area (Å²) in [6.45, 7) is 5.38. The van der Waals surface area contributed by atoms with Crippen LogP contribution in [0.1, 0.15) is 57.6 Å². The van der Waals surface area contributed by atoms with Crippen LogP contribution < -0.4 is 10.6 Å². The number of nitrogens with zero attached hydrogens (tertiary/aromatic N) is 1. The molecule has 0 aliphatic carbocycles. The molecule has 1 aromatic rings. The Bertz CT molecular complexity index is 485. The fourth-order valence-corrected chi connectivity index (χ4v) is 3.23. The van der Waals surface area contributed by atoms with Crippen molar-refractivity contribution in [3.8, 4) is 0 Å². The van der Waals surface area contributed by atoms with E-state index in [9.17, 15) is 10.1 Å². The first-order valence-electron chi connectivity index (χ1n) is 8.30. The highest BCUT2D eigenvalue weighted by molar-refractivity contribution is 5.35. The van der Waals surface area contributed by atoms with Gasteiger partial charge in [0, 0.05) is 30.3 Å². The molecule has 1 aromatic carbocycles. The maximum atomic E-state index is 10.9. The number of nitro groups is 1. The quantitative estimate of drug-likeness (QED) is 0.623. The van der Waals surface area contributed by atoms with Gasteiger partial charge in [-0.1, -0.05) is 25.0 Å². The first-order chi connectivity index (χ1) is 10.6. The largest absolute Gasteiger partial charge is 0.314 e. The number of hydrogen-bond acceptors (Lipinski definition) is 4. The average molecular weight is 305 g/mol. The molecule has 0 amide bonds. The molecule has 22 heavy (non-hydrogen) atoms. The second-order valence-corrected chi connectivity index (χ2v) is 6.38. The van der Waals surface area contributed by atoms with Crippen molar-refractivity contribution in [2.24, 2.45) is 0 Å². The van der Waals surface area contributed by atoms with E-state index in [1.165, 1.54) is 31.7 Å². The van der Waals surface area contributed by atoms with E-state index in [-0.39, 0.29) is 16.7 Å². The SMILES string of the molecule is CC(CC1CCCCCN1)NC(C)c1cccc([N+](=O)[O-])c1. The fourth-order valence-electron chi connectivity index (χ4n) is 3.23. The molecule has 0 spiro atoms. The van der Waals surface area contributed by atoms with Crippen LogP contribution >= 0.6 is 0 Å². The van der Waals surface area contributed by atoms with Crippen LogP contribution in [0.5, 0.6) is 0 Å². The van der Waals surface area contributed by atoms with Gasteiger partial charge in [-0.15, -0.1) is 0 Å². The molecule has 0 saturated carbocycles. The van der Waals surface area contributed by atoms with Crippen LogP contribution in [0.3, 0.4) is 0 Å². The zero-order valence-corrected chi connectivity index (χ0v) is 13.5. The summed E-state index contributed by atoms with van der Waals surface area (Å²) in [6, 6.07) is 7.97. The van der Waals surface area contributed by atoms with Gasteiger partial charge in [0.1, 0.15) is 0 Å². The van der Waals surface area contributed by atoms with Crippen LogP contribution in [0.4, 0.5) is 5.69 Å². The second kappa shape index (κ2) is 8.25. The average Bonchev–Trinajstić information content (AvgIpc) is 2.75. The maximum Gasteiger partial charge on any atom is 0.269 e. The third-order valence-corrected chi connectivity index (χ3v) is 4.42. The third kappa shape index (κ3) is 5.07. The Kier molecular flexibility index (Phi) is 6.34. The molecule has 1 heterocycles. The molecular formula is C17H27N3O2. The Morgan fingerprint density at radius 1 is 1.36 bits per heavy atom. The molecule has 122 valence electrons. The lowest BCUT2D eigenvalue weighted by Gasteiger charge is -2.24. The zero-order chi connectivity index (χ0) is 15.9. The van der Waals surface area contributed by atoms with Gasteiger partial charge < -0.3 is 10.6 Å². The molecule has 5 nitrogen and oxygen atoms in total. The molecule has 2 rings (SSSR count). The Labute approximate surface area is 132 Å². The summed E-state index contributed by atoms with van der Waals surface area (Å²) in [7, 11) is 0. The molecule has 5 heteroatoms. The van der Waals surface area contributed by atoms with Gasteiger partial charge in [-0.25, -0.2) is 0 Å². The van der Waals surface area contributed by atoms with E-state index in [0.29, 0.717) is 12.1 Å². The molecule has 3 atom stereocenters. The molecule has 1 saturated heterocycles. The number of rotatable bonds is 6. The highest BCUT2D eigenvalue weighted by Crippen LogP contribution is 2.20. The van der Waals surface area contributed by atoms with Gasteiger partial charge >= 0.3 is 0 Å². The minimum Gasteiger partial charge on any atom is -0.314 e. The summed E-state index contributed by atoms with van der Waals surface area (Å²) in [5.74, 6) is 0. The number of benzene rings is 1. The second-order valence-electron chi connectivity index (χ2n) is 6.38. The summed E-state index contributed by atoms with van der Waals surface area (Å²) >= 11 is 0. The van der Waals surface area contributed by atoms with Crippen molar-refractivity contribution < 1.29 is 4.92 Å². The Morgan fingerprint density at radius 3 is 2.95 bits per heavy atom. The lowest BCUT2D eigenvalue weighted by molar-refractivity contribution is -0.384. The van der Waals surface area contributed by atoms with E-state index in [4.69, 9.17) is 0 Å². The van der Waals surface area contributed by atoms with Crippen molar-refractivity contribution in [2.75, 3.05) is 6.54 Å². The Balaban J connectivity index is 1.88. The Morgan fingerprint density at radius 2 is 2.18 bits per heavy atom. The summed E-state index contributed by atoms with van der Waals surface area (Å²) in [4.78, 5) is 10.5. The van der Waals surface area contributed by atoms with Crippen LogP contribution in [0, 0.1) is 10.1 Å². The first-order valence-corrected chi connectivity index (χ1v) is 8.30. The molecule has 1 aliphatic heterocycles. The predicted molar refractivity (Wildman–Crippen MR) is 89.0 cm³/mol. The van der Waals surface area contributed by atoms with Gasteiger partial charge in [-0.3, -0.25) is 10.1 Å². The molecule has 1 aliphatic rings.